The van der Waals surface area contributed by atoms with Gasteiger partial charge in [0.15, 0.2) is 0 Å². The molecular weight excluding hydrogens is 166 g/mol. The molecule has 0 unspecified atom stereocenters. The average molecular weight is 187 g/mol. The molecule has 0 aromatic carbocycles. The van der Waals surface area contributed by atoms with Crippen molar-refractivity contribution in [1.29, 1.82) is 0 Å². The lowest BCUT2D eigenvalue weighted by atomic mass is 10.2. The first-order valence-electron chi connectivity index (χ1n) is 4.49. The van der Waals surface area contributed by atoms with Gasteiger partial charge < -0.3 is 5.32 Å². The molecule has 0 fully saturated rings. The van der Waals surface area contributed by atoms with Crippen molar-refractivity contribution in [2.75, 3.05) is 19.3 Å². The number of unbranched alkanes of at least 4 members (excludes halogenated alkanes) is 1. The van der Waals surface area contributed by atoms with E-state index in [9.17, 15) is 0 Å². The molecule has 1 nitrogen and oxygen atoms in total. The Morgan fingerprint density at radius 1 is 1.50 bits per heavy atom. The highest BCUT2D eigenvalue weighted by Gasteiger charge is 2.13. The summed E-state index contributed by atoms with van der Waals surface area (Å²) in [6, 6.07) is 0. The van der Waals surface area contributed by atoms with Crippen molar-refractivity contribution in [2.45, 2.75) is 31.4 Å². The van der Waals surface area contributed by atoms with E-state index < -0.39 is 0 Å². The minimum Gasteiger partial charge on any atom is -0.315 e. The predicted octanol–water partition coefficient (Wildman–Crippen LogP) is 2.68. The Balaban J connectivity index is 3.24. The number of thioether (sulfide) groups is 1. The fraction of sp³-hybridized carbons (Fsp3) is 0.800. The van der Waals surface area contributed by atoms with Crippen molar-refractivity contribution in [3.8, 4) is 0 Å². The lowest BCUT2D eigenvalue weighted by Crippen LogP contribution is -2.32. The van der Waals surface area contributed by atoms with Crippen LogP contribution in [0, 0.1) is 0 Å². The van der Waals surface area contributed by atoms with Crippen LogP contribution >= 0.6 is 11.8 Å². The molecule has 0 rings (SSSR count). The lowest BCUT2D eigenvalue weighted by molar-refractivity contribution is 0.579. The molecule has 0 amide bonds. The molecule has 72 valence electrons. The largest absolute Gasteiger partial charge is 0.315 e. The van der Waals surface area contributed by atoms with E-state index in [1.54, 1.807) is 0 Å². The van der Waals surface area contributed by atoms with Crippen molar-refractivity contribution >= 4 is 11.8 Å². The highest BCUT2D eigenvalue weighted by atomic mass is 32.2. The molecule has 12 heavy (non-hydrogen) atoms. The van der Waals surface area contributed by atoms with Crippen LogP contribution in [0.4, 0.5) is 0 Å². The third-order valence-electron chi connectivity index (χ3n) is 1.87. The zero-order chi connectivity index (χ0) is 9.45. The maximum Gasteiger partial charge on any atom is 0.0225 e. The van der Waals surface area contributed by atoms with Gasteiger partial charge in [0, 0.05) is 11.3 Å². The van der Waals surface area contributed by atoms with E-state index >= 15 is 0 Å². The topological polar surface area (TPSA) is 12.0 Å². The van der Waals surface area contributed by atoms with Gasteiger partial charge in [0.25, 0.3) is 0 Å². The van der Waals surface area contributed by atoms with Crippen LogP contribution in [0.3, 0.4) is 0 Å². The first kappa shape index (κ1) is 12.0. The Labute approximate surface area is 81.0 Å². The van der Waals surface area contributed by atoms with E-state index in [1.165, 1.54) is 6.42 Å². The summed E-state index contributed by atoms with van der Waals surface area (Å²) in [6.45, 7) is 10.4. The molecule has 2 heteroatoms. The first-order chi connectivity index (χ1) is 5.62. The molecule has 0 aromatic rings. The van der Waals surface area contributed by atoms with Crippen LogP contribution in [0.1, 0.15) is 26.7 Å². The van der Waals surface area contributed by atoms with Crippen LogP contribution in [0.2, 0.25) is 0 Å². The predicted molar refractivity (Wildman–Crippen MR) is 59.9 cm³/mol. The number of hydrogen-bond donors (Lipinski definition) is 1. The zero-order valence-corrected chi connectivity index (χ0v) is 9.34. The Bertz CT molecular complexity index is 121. The molecule has 0 heterocycles. The molecule has 1 N–H and O–H groups in total. The molecule has 0 aliphatic heterocycles. The van der Waals surface area contributed by atoms with E-state index in [2.05, 4.69) is 32.0 Å². The van der Waals surface area contributed by atoms with Gasteiger partial charge in [0.2, 0.25) is 0 Å². The molecule has 0 aliphatic carbocycles. The van der Waals surface area contributed by atoms with Crippen molar-refractivity contribution in [3.63, 3.8) is 0 Å². The summed E-state index contributed by atoms with van der Waals surface area (Å²) in [4.78, 5) is 0. The van der Waals surface area contributed by atoms with E-state index in [1.807, 2.05) is 17.8 Å². The van der Waals surface area contributed by atoms with E-state index in [4.69, 9.17) is 0 Å². The molecule has 0 aliphatic rings. The second-order valence-corrected chi connectivity index (χ2v) is 5.08. The Morgan fingerprint density at radius 2 is 2.17 bits per heavy atom. The monoisotopic (exact) mass is 187 g/mol. The third kappa shape index (κ3) is 6.74. The summed E-state index contributed by atoms with van der Waals surface area (Å²) in [5, 5.41) is 3.44. The number of rotatable bonds is 7. The van der Waals surface area contributed by atoms with Crippen molar-refractivity contribution in [1.82, 2.24) is 5.32 Å². The smallest absolute Gasteiger partial charge is 0.0225 e. The Kier molecular flexibility index (Phi) is 6.58. The van der Waals surface area contributed by atoms with E-state index in [0.29, 0.717) is 4.75 Å². The number of nitrogens with one attached hydrogen (secondary N) is 1. The van der Waals surface area contributed by atoms with Crippen molar-refractivity contribution < 1.29 is 0 Å². The summed E-state index contributed by atoms with van der Waals surface area (Å²) in [5.41, 5.74) is 0. The van der Waals surface area contributed by atoms with Crippen molar-refractivity contribution in [3.05, 3.63) is 12.7 Å². The fourth-order valence-electron chi connectivity index (χ4n) is 0.833. The molecule has 0 saturated heterocycles. The quantitative estimate of drug-likeness (QED) is 0.486. The zero-order valence-electron chi connectivity index (χ0n) is 8.52. The summed E-state index contributed by atoms with van der Waals surface area (Å²) < 4.78 is 0.369. The Morgan fingerprint density at radius 3 is 2.67 bits per heavy atom. The SMILES string of the molecule is C=CCCCNCC(C)(C)SC. The van der Waals surface area contributed by atoms with Crippen LogP contribution in [-0.2, 0) is 0 Å². The van der Waals surface area contributed by atoms with Gasteiger partial charge in [-0.05, 0) is 39.5 Å². The van der Waals surface area contributed by atoms with Crippen LogP contribution in [0.15, 0.2) is 12.7 Å². The van der Waals surface area contributed by atoms with Gasteiger partial charge >= 0.3 is 0 Å². The summed E-state index contributed by atoms with van der Waals surface area (Å²) in [7, 11) is 0. The van der Waals surface area contributed by atoms with Crippen LogP contribution < -0.4 is 5.32 Å². The molecule has 0 bridgehead atoms. The third-order valence-corrected chi connectivity index (χ3v) is 3.11. The van der Waals surface area contributed by atoms with Gasteiger partial charge in [-0.2, -0.15) is 11.8 Å². The first-order valence-corrected chi connectivity index (χ1v) is 5.71. The second kappa shape index (κ2) is 6.55. The maximum absolute atomic E-state index is 3.69. The van der Waals surface area contributed by atoms with Gasteiger partial charge in [-0.3, -0.25) is 0 Å². The second-order valence-electron chi connectivity index (χ2n) is 3.57. The van der Waals surface area contributed by atoms with Crippen molar-refractivity contribution in [2.24, 2.45) is 0 Å². The van der Waals surface area contributed by atoms with Gasteiger partial charge in [0.05, 0.1) is 0 Å². The van der Waals surface area contributed by atoms with Gasteiger partial charge in [-0.25, -0.2) is 0 Å². The fourth-order valence-corrected chi connectivity index (χ4v) is 1.08. The molecule has 0 atom stereocenters. The maximum atomic E-state index is 3.69. The summed E-state index contributed by atoms with van der Waals surface area (Å²) in [5.74, 6) is 0. The van der Waals surface area contributed by atoms with Crippen LogP contribution in [0.5, 0.6) is 0 Å². The minimum atomic E-state index is 0.369. The minimum absolute atomic E-state index is 0.369. The van der Waals surface area contributed by atoms with Gasteiger partial charge in [-0.15, -0.1) is 6.58 Å². The number of hydrogen-bond acceptors (Lipinski definition) is 2. The summed E-state index contributed by atoms with van der Waals surface area (Å²) in [6.07, 6.45) is 6.45. The van der Waals surface area contributed by atoms with E-state index in [0.717, 1.165) is 19.5 Å². The molecular formula is C10H21NS. The molecule has 0 spiro atoms. The van der Waals surface area contributed by atoms with Gasteiger partial charge in [-0.1, -0.05) is 6.08 Å². The molecule has 0 radical (unpaired) electrons. The van der Waals surface area contributed by atoms with Crippen LogP contribution in [0.25, 0.3) is 0 Å². The highest BCUT2D eigenvalue weighted by Crippen LogP contribution is 2.19. The standard InChI is InChI=1S/C10H21NS/c1-5-6-7-8-11-9-10(2,3)12-4/h5,11H,1,6-9H2,2-4H3. The summed E-state index contributed by atoms with van der Waals surface area (Å²) >= 11 is 1.91. The van der Waals surface area contributed by atoms with Crippen LogP contribution in [-0.4, -0.2) is 24.1 Å². The highest BCUT2D eigenvalue weighted by molar-refractivity contribution is 7.99. The normalized spacial score (nSPS) is 11.6. The Hall–Kier alpha value is 0.0500. The molecule has 0 saturated carbocycles. The average Bonchev–Trinajstić information content (AvgIpc) is 2.04. The van der Waals surface area contributed by atoms with E-state index in [-0.39, 0.29) is 0 Å². The van der Waals surface area contributed by atoms with Gasteiger partial charge in [0.1, 0.15) is 0 Å². The molecule has 0 aromatic heterocycles. The number of allylic oxidation sites excluding steroid dienone is 1. The lowest BCUT2D eigenvalue weighted by Gasteiger charge is -2.22.